The van der Waals surface area contributed by atoms with Crippen molar-refractivity contribution in [3.05, 3.63) is 108 Å². The highest BCUT2D eigenvalue weighted by atomic mass is 16.2. The molecular formula is C40H56N3O2+. The van der Waals surface area contributed by atoms with Crippen molar-refractivity contribution in [2.24, 2.45) is 11.8 Å². The van der Waals surface area contributed by atoms with Crippen LogP contribution in [0.25, 0.3) is 0 Å². The molecule has 0 aliphatic carbocycles. The summed E-state index contributed by atoms with van der Waals surface area (Å²) in [6.45, 7) is 13.4. The van der Waals surface area contributed by atoms with Crippen molar-refractivity contribution in [2.45, 2.75) is 77.6 Å². The van der Waals surface area contributed by atoms with Crippen LogP contribution in [-0.2, 0) is 15.0 Å². The van der Waals surface area contributed by atoms with Crippen molar-refractivity contribution in [1.82, 2.24) is 10.6 Å². The maximum absolute atomic E-state index is 13.5. The third-order valence-electron chi connectivity index (χ3n) is 10.2. The van der Waals surface area contributed by atoms with Crippen LogP contribution in [0.2, 0.25) is 0 Å². The Labute approximate surface area is 272 Å². The maximum Gasteiger partial charge on any atom is 0.221 e. The van der Waals surface area contributed by atoms with Crippen LogP contribution < -0.4 is 10.6 Å². The van der Waals surface area contributed by atoms with Crippen molar-refractivity contribution in [3.63, 3.8) is 0 Å². The van der Waals surface area contributed by atoms with Crippen LogP contribution in [0.5, 0.6) is 0 Å². The van der Waals surface area contributed by atoms with Gasteiger partial charge in [0.2, 0.25) is 11.8 Å². The Bertz CT molecular complexity index is 1200. The zero-order valence-corrected chi connectivity index (χ0v) is 28.0. The van der Waals surface area contributed by atoms with Gasteiger partial charge in [-0.15, -0.1) is 0 Å². The molecule has 5 heteroatoms. The minimum Gasteiger partial charge on any atom is -0.356 e. The van der Waals surface area contributed by atoms with Gasteiger partial charge in [-0.25, -0.2) is 0 Å². The third-order valence-corrected chi connectivity index (χ3v) is 10.2. The Hall–Kier alpha value is -3.44. The summed E-state index contributed by atoms with van der Waals surface area (Å²) in [5.41, 5.74) is 2.72. The number of nitrogens with zero attached hydrogens (tertiary/aromatic N) is 1. The van der Waals surface area contributed by atoms with Crippen LogP contribution in [0.3, 0.4) is 0 Å². The number of rotatable bonds is 17. The number of piperidine rings is 1. The molecule has 0 radical (unpaired) electrons. The number of nitrogens with one attached hydrogen (secondary N) is 2. The summed E-state index contributed by atoms with van der Waals surface area (Å²) >= 11 is 0. The first-order valence-electron chi connectivity index (χ1n) is 17.5. The van der Waals surface area contributed by atoms with Crippen LogP contribution in [0.1, 0.15) is 88.8 Å². The van der Waals surface area contributed by atoms with Crippen LogP contribution in [0.15, 0.2) is 91.0 Å². The van der Waals surface area contributed by atoms with E-state index in [-0.39, 0.29) is 11.8 Å². The first-order valence-corrected chi connectivity index (χ1v) is 17.5. The van der Waals surface area contributed by atoms with Crippen LogP contribution in [0.4, 0.5) is 0 Å². The zero-order chi connectivity index (χ0) is 32.0. The summed E-state index contributed by atoms with van der Waals surface area (Å²) in [5.74, 6) is 1.53. The lowest BCUT2D eigenvalue weighted by molar-refractivity contribution is -0.937. The Morgan fingerprint density at radius 3 is 1.91 bits per heavy atom. The Morgan fingerprint density at radius 1 is 0.800 bits per heavy atom. The van der Waals surface area contributed by atoms with Gasteiger partial charge in [-0.2, -0.15) is 0 Å². The third kappa shape index (κ3) is 9.53. The van der Waals surface area contributed by atoms with Gasteiger partial charge in [-0.1, -0.05) is 111 Å². The second-order valence-electron chi connectivity index (χ2n) is 13.4. The molecule has 0 spiro atoms. The van der Waals surface area contributed by atoms with Gasteiger partial charge in [0.25, 0.3) is 0 Å². The van der Waals surface area contributed by atoms with E-state index in [9.17, 15) is 9.59 Å². The van der Waals surface area contributed by atoms with Gasteiger partial charge in [-0.3, -0.25) is 9.59 Å². The quantitative estimate of drug-likeness (QED) is 0.0945. The van der Waals surface area contributed by atoms with Gasteiger partial charge in [0, 0.05) is 37.8 Å². The topological polar surface area (TPSA) is 58.2 Å². The Kier molecular flexibility index (Phi) is 13.2. The molecule has 242 valence electrons. The summed E-state index contributed by atoms with van der Waals surface area (Å²) in [5, 5.41) is 6.44. The molecule has 1 aliphatic rings. The molecule has 2 N–H and O–H groups in total. The first kappa shape index (κ1) is 34.4. The normalized spacial score (nSPS) is 19.0. The van der Waals surface area contributed by atoms with E-state index in [1.165, 1.54) is 49.9 Å². The van der Waals surface area contributed by atoms with Crippen molar-refractivity contribution in [3.8, 4) is 0 Å². The molecule has 4 rings (SSSR count). The average molecular weight is 611 g/mol. The Balaban J connectivity index is 1.24. The molecule has 3 aromatic rings. The number of hydrogen-bond acceptors (Lipinski definition) is 2. The molecule has 1 unspecified atom stereocenters. The van der Waals surface area contributed by atoms with E-state index in [4.69, 9.17) is 0 Å². The fraction of sp³-hybridized carbons (Fsp3) is 0.500. The molecule has 1 saturated heterocycles. The lowest BCUT2D eigenvalue weighted by Gasteiger charge is -2.45. The molecule has 3 atom stereocenters. The molecular weight excluding hydrogens is 554 g/mol. The molecule has 1 aliphatic heterocycles. The number of benzene rings is 3. The van der Waals surface area contributed by atoms with Crippen LogP contribution in [-0.4, -0.2) is 55.6 Å². The van der Waals surface area contributed by atoms with Crippen LogP contribution >= 0.6 is 0 Å². The molecule has 45 heavy (non-hydrogen) atoms. The van der Waals surface area contributed by atoms with E-state index in [0.29, 0.717) is 25.3 Å². The monoisotopic (exact) mass is 610 g/mol. The van der Waals surface area contributed by atoms with Crippen molar-refractivity contribution >= 4 is 11.8 Å². The molecule has 3 aromatic carbocycles. The Morgan fingerprint density at radius 2 is 1.38 bits per heavy atom. The lowest BCUT2D eigenvalue weighted by atomic mass is 9.67. The molecule has 0 aromatic heterocycles. The highest BCUT2D eigenvalue weighted by molar-refractivity contribution is 5.80. The zero-order valence-electron chi connectivity index (χ0n) is 28.0. The number of quaternary nitrogens is 1. The summed E-state index contributed by atoms with van der Waals surface area (Å²) in [4.78, 5) is 26.2. The highest BCUT2D eigenvalue weighted by Gasteiger charge is 2.38. The van der Waals surface area contributed by atoms with E-state index in [0.717, 1.165) is 48.4 Å². The van der Waals surface area contributed by atoms with Gasteiger partial charge >= 0.3 is 0 Å². The molecule has 1 heterocycles. The fourth-order valence-corrected chi connectivity index (χ4v) is 7.42. The number of unbranched alkanes of at least 4 members (excludes halogenated alkanes) is 2. The summed E-state index contributed by atoms with van der Waals surface area (Å²) in [7, 11) is 0. The van der Waals surface area contributed by atoms with Gasteiger partial charge in [0.05, 0.1) is 31.6 Å². The molecule has 0 bridgehead atoms. The van der Waals surface area contributed by atoms with Gasteiger partial charge in [-0.05, 0) is 55.7 Å². The molecule has 1 fully saturated rings. The lowest BCUT2D eigenvalue weighted by Crippen LogP contribution is -2.57. The number of hydrogen-bond donors (Lipinski definition) is 2. The highest BCUT2D eigenvalue weighted by Crippen LogP contribution is 2.42. The van der Waals surface area contributed by atoms with Crippen LogP contribution in [0, 0.1) is 11.8 Å². The number of carbonyl (C=O) groups is 2. The SMILES string of the molecule is CC[C@H](C)C[N+]1(CC)CCC[C@@H](CNC(=O)CCCCCNC(=O)CC(c2ccccc2)(c2ccccc2)c2ccccc2)C1. The maximum atomic E-state index is 13.5. The summed E-state index contributed by atoms with van der Waals surface area (Å²) < 4.78 is 1.21. The second kappa shape index (κ2) is 17.3. The van der Waals surface area contributed by atoms with E-state index < -0.39 is 5.41 Å². The second-order valence-corrected chi connectivity index (χ2v) is 13.4. The molecule has 5 nitrogen and oxygen atoms in total. The average Bonchev–Trinajstić information content (AvgIpc) is 3.09. The number of carbonyl (C=O) groups excluding carboxylic acids is 2. The van der Waals surface area contributed by atoms with Crippen molar-refractivity contribution < 1.29 is 14.1 Å². The van der Waals surface area contributed by atoms with E-state index in [2.05, 4.69) is 67.8 Å². The van der Waals surface area contributed by atoms with E-state index in [1.54, 1.807) is 0 Å². The predicted octanol–water partition coefficient (Wildman–Crippen LogP) is 7.50. The molecule has 2 amide bonds. The largest absolute Gasteiger partial charge is 0.356 e. The van der Waals surface area contributed by atoms with E-state index >= 15 is 0 Å². The van der Waals surface area contributed by atoms with Crippen molar-refractivity contribution in [2.75, 3.05) is 39.3 Å². The number of amides is 2. The number of likely N-dealkylation sites (tertiary alicyclic amines) is 1. The summed E-state index contributed by atoms with van der Waals surface area (Å²) in [6, 6.07) is 31.1. The minimum atomic E-state index is -0.589. The standard InChI is InChI=1S/C40H55N3O2/c1-4-33(3)31-43(5-2)28-18-19-34(32-43)30-42-38(44)26-16-9-17-27-41-39(45)29-40(35-20-10-6-11-21-35,36-22-12-7-13-23-36)37-24-14-8-15-25-37/h6-8,10-15,20-25,33-34H,4-5,9,16-19,26-32H2,1-3H3,(H-,41,42,44,45)/p+1/t33-,34-,43?/m0/s1. The van der Waals surface area contributed by atoms with E-state index in [1.807, 2.05) is 54.6 Å². The van der Waals surface area contributed by atoms with Gasteiger partial charge in [0.15, 0.2) is 0 Å². The van der Waals surface area contributed by atoms with Crippen molar-refractivity contribution in [1.29, 1.82) is 0 Å². The van der Waals surface area contributed by atoms with Gasteiger partial charge < -0.3 is 15.1 Å². The minimum absolute atomic E-state index is 0.0340. The van der Waals surface area contributed by atoms with Gasteiger partial charge in [0.1, 0.15) is 0 Å². The first-order chi connectivity index (χ1) is 21.9. The molecule has 0 saturated carbocycles. The summed E-state index contributed by atoms with van der Waals surface area (Å²) in [6.07, 6.45) is 7.23. The smallest absolute Gasteiger partial charge is 0.221 e. The predicted molar refractivity (Wildman–Crippen MR) is 186 cm³/mol. The fourth-order valence-electron chi connectivity index (χ4n) is 7.42.